The van der Waals surface area contributed by atoms with Crippen LogP contribution < -0.4 is 5.32 Å². The molecule has 0 saturated carbocycles. The van der Waals surface area contributed by atoms with Gasteiger partial charge in [-0.15, -0.1) is 0 Å². The number of carboxylic acids is 2. The normalized spacial score (nSPS) is 17.0. The highest BCUT2D eigenvalue weighted by Gasteiger charge is 2.40. The molecule has 1 aromatic heterocycles. The number of rotatable bonds is 5. The fourth-order valence-electron chi connectivity index (χ4n) is 3.68. The van der Waals surface area contributed by atoms with Crippen LogP contribution in [-0.2, 0) is 32.1 Å². The van der Waals surface area contributed by atoms with Crippen molar-refractivity contribution >= 4 is 34.8 Å². The summed E-state index contributed by atoms with van der Waals surface area (Å²) in [6.07, 6.45) is -1.60. The zero-order valence-corrected chi connectivity index (χ0v) is 17.5. The van der Waals surface area contributed by atoms with Crippen molar-refractivity contribution in [1.82, 2.24) is 15.2 Å². The topological polar surface area (TPSA) is 149 Å². The minimum atomic E-state index is -1.47. The first kappa shape index (κ1) is 22.1. The van der Waals surface area contributed by atoms with Gasteiger partial charge in [-0.05, 0) is 32.4 Å². The Kier molecular flexibility index (Phi) is 5.92. The molecule has 3 rings (SSSR count). The van der Waals surface area contributed by atoms with E-state index in [1.807, 2.05) is 24.3 Å². The van der Waals surface area contributed by atoms with Gasteiger partial charge in [0.25, 0.3) is 0 Å². The summed E-state index contributed by atoms with van der Waals surface area (Å²) in [5, 5.41) is 22.1. The lowest BCUT2D eigenvalue weighted by atomic mass is 9.95. The summed E-state index contributed by atoms with van der Waals surface area (Å²) in [6.45, 7) is 4.83. The number of carbonyl (C=O) groups excluding carboxylic acids is 2. The molecule has 10 nitrogen and oxygen atoms in total. The van der Waals surface area contributed by atoms with E-state index in [0.717, 1.165) is 21.4 Å². The summed E-state index contributed by atoms with van der Waals surface area (Å²) in [5.74, 6) is -3.33. The average molecular weight is 431 g/mol. The molecule has 1 aliphatic rings. The van der Waals surface area contributed by atoms with Crippen LogP contribution in [-0.4, -0.2) is 61.7 Å². The number of carbonyl (C=O) groups is 4. The highest BCUT2D eigenvalue weighted by atomic mass is 16.6. The van der Waals surface area contributed by atoms with E-state index in [9.17, 15) is 29.4 Å². The molecule has 10 heteroatoms. The zero-order chi connectivity index (χ0) is 22.9. The van der Waals surface area contributed by atoms with Crippen LogP contribution in [0.4, 0.5) is 4.79 Å². The van der Waals surface area contributed by atoms with Crippen LogP contribution in [0.5, 0.6) is 0 Å². The number of ether oxygens (including phenoxy) is 1. The van der Waals surface area contributed by atoms with Crippen LogP contribution >= 0.6 is 0 Å². The minimum Gasteiger partial charge on any atom is -0.481 e. The van der Waals surface area contributed by atoms with E-state index in [-0.39, 0.29) is 13.0 Å². The molecule has 0 radical (unpaired) electrons. The standard InChI is InChI=1S/C21H25N3O7/c1-21(2,3)31-20(30)23-14(9-17(25)26)18(27)24-10-15-12(8-16(24)19(28)29)11-6-4-5-7-13(11)22-15/h4-7,14,16,22H,8-10H2,1-3H3,(H,23,30)(H,25,26)(H,28,29)/t14-,16-/m0/s1. The molecule has 31 heavy (non-hydrogen) atoms. The van der Waals surface area contributed by atoms with Gasteiger partial charge in [-0.3, -0.25) is 9.59 Å². The molecule has 0 fully saturated rings. The predicted octanol–water partition coefficient (Wildman–Crippen LogP) is 1.87. The largest absolute Gasteiger partial charge is 0.481 e. The van der Waals surface area contributed by atoms with Crippen molar-refractivity contribution in [1.29, 1.82) is 0 Å². The molecule has 0 bridgehead atoms. The van der Waals surface area contributed by atoms with Gasteiger partial charge in [-0.25, -0.2) is 9.59 Å². The molecular weight excluding hydrogens is 406 g/mol. The maximum absolute atomic E-state index is 13.2. The van der Waals surface area contributed by atoms with E-state index >= 15 is 0 Å². The minimum absolute atomic E-state index is 0.0497. The number of aliphatic carboxylic acids is 2. The van der Waals surface area contributed by atoms with E-state index in [1.165, 1.54) is 0 Å². The van der Waals surface area contributed by atoms with Gasteiger partial charge in [0.2, 0.25) is 5.91 Å². The summed E-state index contributed by atoms with van der Waals surface area (Å²) >= 11 is 0. The molecule has 0 aliphatic carbocycles. The number of para-hydroxylation sites is 1. The third-order valence-corrected chi connectivity index (χ3v) is 4.94. The number of hydrogen-bond acceptors (Lipinski definition) is 5. The molecule has 0 saturated heterocycles. The number of amides is 2. The lowest BCUT2D eigenvalue weighted by molar-refractivity contribution is -0.153. The second-order valence-corrected chi connectivity index (χ2v) is 8.45. The molecule has 0 unspecified atom stereocenters. The Morgan fingerprint density at radius 2 is 1.90 bits per heavy atom. The Hall–Kier alpha value is -3.56. The molecule has 0 spiro atoms. The van der Waals surface area contributed by atoms with Crippen molar-refractivity contribution in [2.75, 3.05) is 0 Å². The first-order chi connectivity index (χ1) is 14.5. The quantitative estimate of drug-likeness (QED) is 0.564. The number of nitrogens with zero attached hydrogens (tertiary/aromatic N) is 1. The Morgan fingerprint density at radius 3 is 2.52 bits per heavy atom. The van der Waals surface area contributed by atoms with Gasteiger partial charge < -0.3 is 30.2 Å². The Balaban J connectivity index is 1.90. The lowest BCUT2D eigenvalue weighted by Crippen LogP contribution is -2.56. The Morgan fingerprint density at radius 1 is 1.23 bits per heavy atom. The van der Waals surface area contributed by atoms with Gasteiger partial charge in [0, 0.05) is 23.0 Å². The van der Waals surface area contributed by atoms with Crippen LogP contribution in [0.3, 0.4) is 0 Å². The lowest BCUT2D eigenvalue weighted by Gasteiger charge is -2.35. The molecule has 1 aromatic carbocycles. The molecule has 2 atom stereocenters. The van der Waals surface area contributed by atoms with Gasteiger partial charge in [0.1, 0.15) is 17.7 Å². The molecular formula is C21H25N3O7. The van der Waals surface area contributed by atoms with Crippen molar-refractivity contribution in [3.63, 3.8) is 0 Å². The fourth-order valence-corrected chi connectivity index (χ4v) is 3.68. The van der Waals surface area contributed by atoms with Gasteiger partial charge >= 0.3 is 18.0 Å². The van der Waals surface area contributed by atoms with Crippen LogP contribution in [0.2, 0.25) is 0 Å². The van der Waals surface area contributed by atoms with E-state index in [1.54, 1.807) is 20.8 Å². The van der Waals surface area contributed by atoms with Gasteiger partial charge in [0.05, 0.1) is 13.0 Å². The molecule has 2 amide bonds. The van der Waals surface area contributed by atoms with E-state index in [2.05, 4.69) is 10.3 Å². The third-order valence-electron chi connectivity index (χ3n) is 4.94. The van der Waals surface area contributed by atoms with E-state index in [4.69, 9.17) is 4.74 Å². The Labute approximate surface area is 178 Å². The van der Waals surface area contributed by atoms with Crippen molar-refractivity contribution in [2.45, 2.75) is 57.8 Å². The summed E-state index contributed by atoms with van der Waals surface area (Å²) in [6, 6.07) is 4.74. The van der Waals surface area contributed by atoms with Crippen molar-refractivity contribution in [3.8, 4) is 0 Å². The zero-order valence-electron chi connectivity index (χ0n) is 17.5. The van der Waals surface area contributed by atoms with Crippen molar-refractivity contribution < 1.29 is 34.1 Å². The van der Waals surface area contributed by atoms with Crippen molar-refractivity contribution in [3.05, 3.63) is 35.5 Å². The number of alkyl carbamates (subject to hydrolysis) is 1. The summed E-state index contributed by atoms with van der Waals surface area (Å²) in [5.41, 5.74) is 1.45. The van der Waals surface area contributed by atoms with Gasteiger partial charge in [0.15, 0.2) is 0 Å². The number of nitrogens with one attached hydrogen (secondary N) is 2. The second kappa shape index (κ2) is 8.29. The first-order valence-electron chi connectivity index (χ1n) is 9.79. The third kappa shape index (κ3) is 4.96. The SMILES string of the molecule is CC(C)(C)OC(=O)N[C@@H](CC(=O)O)C(=O)N1Cc2[nH]c3ccccc3c2C[C@H]1C(=O)O. The number of benzene rings is 1. The molecule has 4 N–H and O–H groups in total. The van der Waals surface area contributed by atoms with Crippen LogP contribution in [0, 0.1) is 0 Å². The second-order valence-electron chi connectivity index (χ2n) is 8.45. The van der Waals surface area contributed by atoms with Crippen LogP contribution in [0.15, 0.2) is 24.3 Å². The number of aromatic nitrogens is 1. The van der Waals surface area contributed by atoms with Crippen LogP contribution in [0.25, 0.3) is 10.9 Å². The highest BCUT2D eigenvalue weighted by Crippen LogP contribution is 2.31. The van der Waals surface area contributed by atoms with Gasteiger partial charge in [-0.2, -0.15) is 0 Å². The number of fused-ring (bicyclic) bond motifs is 3. The van der Waals surface area contributed by atoms with Crippen molar-refractivity contribution in [2.24, 2.45) is 0 Å². The Bertz CT molecular complexity index is 1040. The molecule has 2 heterocycles. The molecule has 166 valence electrons. The van der Waals surface area contributed by atoms with Crippen LogP contribution in [0.1, 0.15) is 38.4 Å². The maximum Gasteiger partial charge on any atom is 0.408 e. The fraction of sp³-hybridized carbons (Fsp3) is 0.429. The predicted molar refractivity (Wildman–Crippen MR) is 109 cm³/mol. The summed E-state index contributed by atoms with van der Waals surface area (Å²) < 4.78 is 5.12. The smallest absolute Gasteiger partial charge is 0.408 e. The summed E-state index contributed by atoms with van der Waals surface area (Å²) in [4.78, 5) is 52.9. The number of hydrogen-bond donors (Lipinski definition) is 4. The maximum atomic E-state index is 13.2. The summed E-state index contributed by atoms with van der Waals surface area (Å²) in [7, 11) is 0. The average Bonchev–Trinajstić information content (AvgIpc) is 3.01. The first-order valence-corrected chi connectivity index (χ1v) is 9.79. The number of H-pyrrole nitrogens is 1. The van der Waals surface area contributed by atoms with E-state index in [0.29, 0.717) is 5.69 Å². The molecule has 2 aromatic rings. The van der Waals surface area contributed by atoms with Gasteiger partial charge in [-0.1, -0.05) is 18.2 Å². The number of carboxylic acid groups (broad SMARTS) is 2. The highest BCUT2D eigenvalue weighted by molar-refractivity contribution is 5.93. The number of aromatic amines is 1. The molecule has 1 aliphatic heterocycles. The monoisotopic (exact) mass is 431 g/mol. The van der Waals surface area contributed by atoms with E-state index < -0.39 is 48.0 Å².